The van der Waals surface area contributed by atoms with Crippen molar-refractivity contribution in [2.45, 2.75) is 0 Å². The Morgan fingerprint density at radius 3 is 2.02 bits per heavy atom. The van der Waals surface area contributed by atoms with Crippen molar-refractivity contribution in [2.24, 2.45) is 0 Å². The van der Waals surface area contributed by atoms with E-state index < -0.39 is 0 Å². The number of hydrogen-bond acceptors (Lipinski definition) is 2. The molecule has 0 spiro atoms. The molecule has 0 radical (unpaired) electrons. The van der Waals surface area contributed by atoms with Crippen molar-refractivity contribution in [3.63, 3.8) is 0 Å². The Bertz CT molecular complexity index is 2450. The van der Waals surface area contributed by atoms with Crippen LogP contribution in [0.3, 0.4) is 0 Å². The van der Waals surface area contributed by atoms with Gasteiger partial charge in [0.05, 0.1) is 16.7 Å². The van der Waals surface area contributed by atoms with Crippen LogP contribution in [0.15, 0.2) is 158 Å². The van der Waals surface area contributed by atoms with Gasteiger partial charge in [0.2, 0.25) is 0 Å². The van der Waals surface area contributed by atoms with Gasteiger partial charge in [-0.15, -0.1) is 11.3 Å². The first-order chi connectivity index (χ1) is 21.3. The van der Waals surface area contributed by atoms with Gasteiger partial charge in [0, 0.05) is 48.0 Å². The molecule has 7 aromatic carbocycles. The number of hydrogen-bond donors (Lipinski definition) is 0. The quantitative estimate of drug-likeness (QED) is 0.206. The van der Waals surface area contributed by atoms with Crippen LogP contribution in [-0.4, -0.2) is 4.57 Å². The Balaban J connectivity index is 1.34. The fourth-order valence-corrected chi connectivity index (χ4v) is 7.76. The predicted octanol–water partition coefficient (Wildman–Crippen LogP) is 11.8. The van der Waals surface area contributed by atoms with Crippen molar-refractivity contribution < 1.29 is 0 Å². The van der Waals surface area contributed by atoms with E-state index in [1.54, 1.807) is 0 Å². The maximum Gasteiger partial charge on any atom is 0.0782 e. The summed E-state index contributed by atoms with van der Waals surface area (Å²) in [5.74, 6) is 0. The van der Waals surface area contributed by atoms with E-state index >= 15 is 0 Å². The van der Waals surface area contributed by atoms with Crippen molar-refractivity contribution in [1.82, 2.24) is 4.57 Å². The van der Waals surface area contributed by atoms with E-state index in [1.165, 1.54) is 52.8 Å². The second kappa shape index (κ2) is 9.59. The first-order valence-electron chi connectivity index (χ1n) is 14.6. The van der Waals surface area contributed by atoms with Gasteiger partial charge in [-0.2, -0.15) is 0 Å². The molecule has 3 heteroatoms. The number of rotatable bonds is 4. The minimum atomic E-state index is 1.13. The van der Waals surface area contributed by atoms with E-state index in [1.807, 2.05) is 11.3 Å². The molecule has 2 heterocycles. The van der Waals surface area contributed by atoms with E-state index in [0.717, 1.165) is 22.7 Å². The molecule has 0 atom stereocenters. The fourth-order valence-electron chi connectivity index (χ4n) is 6.63. The molecule has 9 rings (SSSR count). The molecular formula is C40H26N2S. The van der Waals surface area contributed by atoms with Crippen molar-refractivity contribution >= 4 is 81.1 Å². The van der Waals surface area contributed by atoms with E-state index in [0.29, 0.717) is 0 Å². The van der Waals surface area contributed by atoms with Gasteiger partial charge in [-0.1, -0.05) is 91.0 Å². The molecule has 0 unspecified atom stereocenters. The van der Waals surface area contributed by atoms with Crippen LogP contribution >= 0.6 is 11.3 Å². The van der Waals surface area contributed by atoms with Crippen LogP contribution in [0.4, 0.5) is 17.1 Å². The van der Waals surface area contributed by atoms with Crippen molar-refractivity contribution in [2.75, 3.05) is 4.90 Å². The highest BCUT2D eigenvalue weighted by molar-refractivity contribution is 7.25. The van der Waals surface area contributed by atoms with Crippen LogP contribution in [-0.2, 0) is 0 Å². The van der Waals surface area contributed by atoms with Gasteiger partial charge in [0.1, 0.15) is 0 Å². The second-order valence-corrected chi connectivity index (χ2v) is 12.1. The molecule has 0 amide bonds. The van der Waals surface area contributed by atoms with Gasteiger partial charge < -0.3 is 9.47 Å². The van der Waals surface area contributed by atoms with Crippen LogP contribution < -0.4 is 4.90 Å². The van der Waals surface area contributed by atoms with Crippen molar-refractivity contribution in [3.05, 3.63) is 158 Å². The van der Waals surface area contributed by atoms with Crippen molar-refractivity contribution in [3.8, 4) is 5.69 Å². The standard InChI is InChI=1S/C40H26N2S/c1-3-12-29(13-4-1)41(31-23-22-27-25-35-33-17-8-10-21-38(33)43-39(35)26-28(27)24-31)37-20-11-18-34-32-16-7-9-19-36(32)42(40(34)37)30-14-5-2-6-15-30/h1-26H. The third-order valence-electron chi connectivity index (χ3n) is 8.52. The fraction of sp³-hybridized carbons (Fsp3) is 0. The number of benzene rings is 7. The molecule has 0 aliphatic heterocycles. The molecule has 0 bridgehead atoms. The average molecular weight is 567 g/mol. The highest BCUT2D eigenvalue weighted by Gasteiger charge is 2.21. The molecule has 202 valence electrons. The monoisotopic (exact) mass is 566 g/mol. The average Bonchev–Trinajstić information content (AvgIpc) is 3.60. The minimum Gasteiger partial charge on any atom is -0.308 e. The van der Waals surface area contributed by atoms with Gasteiger partial charge in [-0.05, 0) is 77.5 Å². The molecule has 0 saturated heterocycles. The number of nitrogens with zero attached hydrogens (tertiary/aromatic N) is 2. The summed E-state index contributed by atoms with van der Waals surface area (Å²) in [6.07, 6.45) is 0. The van der Waals surface area contributed by atoms with E-state index in [-0.39, 0.29) is 0 Å². The topological polar surface area (TPSA) is 8.17 Å². The lowest BCUT2D eigenvalue weighted by Gasteiger charge is -2.27. The maximum atomic E-state index is 2.41. The first kappa shape index (κ1) is 24.2. The van der Waals surface area contributed by atoms with Crippen LogP contribution in [0.5, 0.6) is 0 Å². The number of para-hydroxylation sites is 4. The maximum absolute atomic E-state index is 2.41. The third-order valence-corrected chi connectivity index (χ3v) is 9.65. The zero-order valence-electron chi connectivity index (χ0n) is 23.3. The lowest BCUT2D eigenvalue weighted by atomic mass is 10.0. The summed E-state index contributed by atoms with van der Waals surface area (Å²) in [6, 6.07) is 57.2. The first-order valence-corrected chi connectivity index (χ1v) is 15.4. The summed E-state index contributed by atoms with van der Waals surface area (Å²) in [6.45, 7) is 0. The number of anilines is 3. The summed E-state index contributed by atoms with van der Waals surface area (Å²) in [5, 5.41) is 7.66. The SMILES string of the molecule is c1ccc(N(c2ccc3cc4c(cc3c2)sc2ccccc24)c2cccc3c4ccccc4n(-c4ccccc4)c23)cc1. The van der Waals surface area contributed by atoms with Gasteiger partial charge in [-0.3, -0.25) is 0 Å². The Morgan fingerprint density at radius 2 is 1.16 bits per heavy atom. The molecular weight excluding hydrogens is 541 g/mol. The molecule has 0 aliphatic carbocycles. The van der Waals surface area contributed by atoms with Crippen LogP contribution in [0.1, 0.15) is 0 Å². The Hall–Kier alpha value is -5.38. The van der Waals surface area contributed by atoms with Crippen LogP contribution in [0, 0.1) is 0 Å². The second-order valence-electron chi connectivity index (χ2n) is 11.0. The normalized spacial score (nSPS) is 11.7. The highest BCUT2D eigenvalue weighted by atomic mass is 32.1. The van der Waals surface area contributed by atoms with Gasteiger partial charge >= 0.3 is 0 Å². The molecule has 2 nitrogen and oxygen atoms in total. The number of fused-ring (bicyclic) bond motifs is 7. The number of aromatic nitrogens is 1. The van der Waals surface area contributed by atoms with Crippen molar-refractivity contribution in [1.29, 1.82) is 0 Å². The highest BCUT2D eigenvalue weighted by Crippen LogP contribution is 2.44. The summed E-state index contributed by atoms with van der Waals surface area (Å²) >= 11 is 1.87. The third kappa shape index (κ3) is 3.79. The Labute approximate surface area is 253 Å². The largest absolute Gasteiger partial charge is 0.308 e. The minimum absolute atomic E-state index is 1.13. The van der Waals surface area contributed by atoms with Gasteiger partial charge in [0.15, 0.2) is 0 Å². The van der Waals surface area contributed by atoms with Crippen LogP contribution in [0.25, 0.3) is 58.4 Å². The molecule has 43 heavy (non-hydrogen) atoms. The predicted molar refractivity (Wildman–Crippen MR) is 186 cm³/mol. The summed E-state index contributed by atoms with van der Waals surface area (Å²) in [4.78, 5) is 2.41. The molecule has 0 saturated carbocycles. The van der Waals surface area contributed by atoms with Gasteiger partial charge in [0.25, 0.3) is 0 Å². The molecule has 9 aromatic rings. The Morgan fingerprint density at radius 1 is 0.442 bits per heavy atom. The van der Waals surface area contributed by atoms with Gasteiger partial charge in [-0.25, -0.2) is 0 Å². The Kier molecular flexibility index (Phi) is 5.40. The molecule has 2 aromatic heterocycles. The van der Waals surface area contributed by atoms with E-state index in [9.17, 15) is 0 Å². The molecule has 0 N–H and O–H groups in total. The zero-order chi connectivity index (χ0) is 28.3. The zero-order valence-corrected chi connectivity index (χ0v) is 24.1. The van der Waals surface area contributed by atoms with Crippen LogP contribution in [0.2, 0.25) is 0 Å². The number of thiophene rings is 1. The summed E-state index contributed by atoms with van der Waals surface area (Å²) in [7, 11) is 0. The van der Waals surface area contributed by atoms with E-state index in [2.05, 4.69) is 167 Å². The van der Waals surface area contributed by atoms with E-state index in [4.69, 9.17) is 0 Å². The summed E-state index contributed by atoms with van der Waals surface area (Å²) < 4.78 is 5.07. The lowest BCUT2D eigenvalue weighted by Crippen LogP contribution is -2.11. The summed E-state index contributed by atoms with van der Waals surface area (Å²) in [5.41, 5.74) is 6.96. The molecule has 0 aliphatic rings. The lowest BCUT2D eigenvalue weighted by molar-refractivity contribution is 1.17. The molecule has 0 fully saturated rings. The smallest absolute Gasteiger partial charge is 0.0782 e.